The van der Waals surface area contributed by atoms with E-state index in [-0.39, 0.29) is 12.4 Å². The van der Waals surface area contributed by atoms with Gasteiger partial charge in [-0.05, 0) is 31.2 Å². The minimum atomic E-state index is 0. The van der Waals surface area contributed by atoms with E-state index in [1.807, 2.05) is 18.2 Å². The van der Waals surface area contributed by atoms with Crippen LogP contribution in [-0.4, -0.2) is 13.7 Å². The van der Waals surface area contributed by atoms with Crippen LogP contribution in [0, 0.1) is 0 Å². The largest absolute Gasteiger partial charge is 0.496 e. The van der Waals surface area contributed by atoms with E-state index in [0.29, 0.717) is 0 Å². The summed E-state index contributed by atoms with van der Waals surface area (Å²) in [4.78, 5) is 0. The molecule has 0 aliphatic carbocycles. The van der Waals surface area contributed by atoms with Gasteiger partial charge >= 0.3 is 0 Å². The number of hydrogen-bond donors (Lipinski definition) is 1. The molecule has 1 aromatic carbocycles. The van der Waals surface area contributed by atoms with E-state index in [2.05, 4.69) is 12.2 Å². The van der Waals surface area contributed by atoms with E-state index in [1.165, 1.54) is 19.3 Å². The average molecular weight is 278 g/mol. The summed E-state index contributed by atoms with van der Waals surface area (Å²) < 4.78 is 5.28. The van der Waals surface area contributed by atoms with Gasteiger partial charge in [-0.15, -0.1) is 12.4 Å². The molecule has 0 saturated carbocycles. The Balaban J connectivity index is 0.00000256. The first-order valence-corrected chi connectivity index (χ1v) is 6.19. The number of benzene rings is 1. The second kappa shape index (κ2) is 9.58. The molecule has 0 unspecified atom stereocenters. The molecule has 0 heterocycles. The first-order chi connectivity index (χ1) is 7.77. The maximum atomic E-state index is 5.95. The standard InChI is InChI=1S/C13H20ClNO.ClH/c1-3-4-5-8-15-10-11-9-12(14)6-7-13(11)16-2;/h6-7,9,15H,3-5,8,10H2,1-2H3;1H. The number of unbranched alkanes of at least 4 members (excludes halogenated alkanes) is 2. The zero-order chi connectivity index (χ0) is 11.8. The highest BCUT2D eigenvalue weighted by Crippen LogP contribution is 2.22. The molecule has 1 aromatic rings. The topological polar surface area (TPSA) is 21.3 Å². The zero-order valence-electron chi connectivity index (χ0n) is 10.5. The minimum Gasteiger partial charge on any atom is -0.496 e. The van der Waals surface area contributed by atoms with Crippen molar-refractivity contribution in [3.63, 3.8) is 0 Å². The molecule has 0 fully saturated rings. The Morgan fingerprint density at radius 3 is 2.71 bits per heavy atom. The minimum absolute atomic E-state index is 0. The molecule has 0 radical (unpaired) electrons. The van der Waals surface area contributed by atoms with Gasteiger partial charge in [-0.3, -0.25) is 0 Å². The second-order valence-electron chi connectivity index (χ2n) is 3.84. The van der Waals surface area contributed by atoms with Crippen LogP contribution in [0.1, 0.15) is 31.7 Å². The van der Waals surface area contributed by atoms with Crippen molar-refractivity contribution in [1.29, 1.82) is 0 Å². The molecule has 0 saturated heterocycles. The van der Waals surface area contributed by atoms with Crippen LogP contribution in [0.3, 0.4) is 0 Å². The molecule has 0 aliphatic heterocycles. The summed E-state index contributed by atoms with van der Waals surface area (Å²) in [6.07, 6.45) is 3.75. The fourth-order valence-corrected chi connectivity index (χ4v) is 1.80. The Hall–Kier alpha value is -0.440. The van der Waals surface area contributed by atoms with E-state index in [9.17, 15) is 0 Å². The summed E-state index contributed by atoms with van der Waals surface area (Å²) in [5, 5.41) is 4.16. The third kappa shape index (κ3) is 6.16. The molecule has 4 heteroatoms. The molecule has 2 nitrogen and oxygen atoms in total. The van der Waals surface area contributed by atoms with Gasteiger partial charge in [0.15, 0.2) is 0 Å². The lowest BCUT2D eigenvalue weighted by Gasteiger charge is -2.09. The Morgan fingerprint density at radius 2 is 2.06 bits per heavy atom. The van der Waals surface area contributed by atoms with Gasteiger partial charge in [-0.25, -0.2) is 0 Å². The predicted octanol–water partition coefficient (Wildman–Crippen LogP) is 4.05. The van der Waals surface area contributed by atoms with Crippen molar-refractivity contribution in [2.45, 2.75) is 32.7 Å². The summed E-state index contributed by atoms with van der Waals surface area (Å²) in [5.41, 5.74) is 1.12. The molecule has 17 heavy (non-hydrogen) atoms. The summed E-state index contributed by atoms with van der Waals surface area (Å²) in [6, 6.07) is 5.71. The molecule has 98 valence electrons. The Bertz CT molecular complexity index is 318. The molecule has 1 rings (SSSR count). The van der Waals surface area contributed by atoms with E-state index < -0.39 is 0 Å². The van der Waals surface area contributed by atoms with E-state index in [1.54, 1.807) is 7.11 Å². The molecule has 0 spiro atoms. The highest BCUT2D eigenvalue weighted by molar-refractivity contribution is 6.30. The highest BCUT2D eigenvalue weighted by atomic mass is 35.5. The quantitative estimate of drug-likeness (QED) is 0.760. The zero-order valence-corrected chi connectivity index (χ0v) is 12.0. The van der Waals surface area contributed by atoms with Crippen LogP contribution in [0.5, 0.6) is 5.75 Å². The van der Waals surface area contributed by atoms with Crippen molar-refractivity contribution in [1.82, 2.24) is 5.32 Å². The van der Waals surface area contributed by atoms with Crippen molar-refractivity contribution in [3.8, 4) is 5.75 Å². The number of nitrogens with one attached hydrogen (secondary N) is 1. The van der Waals surface area contributed by atoms with Crippen LogP contribution >= 0.6 is 24.0 Å². The Kier molecular flexibility index (Phi) is 9.33. The lowest BCUT2D eigenvalue weighted by atomic mass is 10.2. The van der Waals surface area contributed by atoms with Crippen molar-refractivity contribution in [2.75, 3.05) is 13.7 Å². The molecule has 0 bridgehead atoms. The molecule has 0 aromatic heterocycles. The maximum Gasteiger partial charge on any atom is 0.123 e. The van der Waals surface area contributed by atoms with Gasteiger partial charge in [-0.1, -0.05) is 31.4 Å². The third-order valence-corrected chi connectivity index (χ3v) is 2.75. The van der Waals surface area contributed by atoms with Crippen LogP contribution in [0.2, 0.25) is 5.02 Å². The Morgan fingerprint density at radius 1 is 1.29 bits per heavy atom. The SMILES string of the molecule is CCCCCNCc1cc(Cl)ccc1OC.Cl. The fraction of sp³-hybridized carbons (Fsp3) is 0.538. The number of methoxy groups -OCH3 is 1. The lowest BCUT2D eigenvalue weighted by molar-refractivity contribution is 0.407. The van der Waals surface area contributed by atoms with Crippen LogP contribution in [0.4, 0.5) is 0 Å². The van der Waals surface area contributed by atoms with Crippen LogP contribution in [0.25, 0.3) is 0 Å². The van der Waals surface area contributed by atoms with Crippen molar-refractivity contribution in [2.24, 2.45) is 0 Å². The van der Waals surface area contributed by atoms with Gasteiger partial charge in [0.1, 0.15) is 5.75 Å². The molecule has 0 aliphatic rings. The summed E-state index contributed by atoms with van der Waals surface area (Å²) in [5.74, 6) is 0.896. The first kappa shape index (κ1) is 16.6. The van der Waals surface area contributed by atoms with Gasteiger partial charge in [0, 0.05) is 17.1 Å². The predicted molar refractivity (Wildman–Crippen MR) is 76.5 cm³/mol. The number of rotatable bonds is 7. The van der Waals surface area contributed by atoms with Crippen LogP contribution in [-0.2, 0) is 6.54 Å². The smallest absolute Gasteiger partial charge is 0.123 e. The van der Waals surface area contributed by atoms with Crippen LogP contribution in [0.15, 0.2) is 18.2 Å². The van der Waals surface area contributed by atoms with Gasteiger partial charge in [0.25, 0.3) is 0 Å². The van der Waals surface area contributed by atoms with E-state index in [0.717, 1.165) is 29.4 Å². The Labute approximate surface area is 115 Å². The number of hydrogen-bond acceptors (Lipinski definition) is 2. The van der Waals surface area contributed by atoms with Gasteiger partial charge in [-0.2, -0.15) is 0 Å². The second-order valence-corrected chi connectivity index (χ2v) is 4.28. The van der Waals surface area contributed by atoms with Gasteiger partial charge < -0.3 is 10.1 Å². The average Bonchev–Trinajstić information content (AvgIpc) is 2.29. The molecule has 0 amide bonds. The van der Waals surface area contributed by atoms with Crippen molar-refractivity contribution in [3.05, 3.63) is 28.8 Å². The fourth-order valence-electron chi connectivity index (χ4n) is 1.61. The lowest BCUT2D eigenvalue weighted by Crippen LogP contribution is -2.15. The van der Waals surface area contributed by atoms with E-state index >= 15 is 0 Å². The third-order valence-electron chi connectivity index (χ3n) is 2.52. The molecular formula is C13H21Cl2NO. The molecule has 1 N–H and O–H groups in total. The summed E-state index contributed by atoms with van der Waals surface area (Å²) in [7, 11) is 1.68. The molecular weight excluding hydrogens is 257 g/mol. The summed E-state index contributed by atoms with van der Waals surface area (Å²) >= 11 is 5.95. The highest BCUT2D eigenvalue weighted by Gasteiger charge is 2.02. The monoisotopic (exact) mass is 277 g/mol. The van der Waals surface area contributed by atoms with Crippen LogP contribution < -0.4 is 10.1 Å². The van der Waals surface area contributed by atoms with Crippen molar-refractivity contribution < 1.29 is 4.74 Å². The molecule has 0 atom stereocenters. The number of ether oxygens (including phenoxy) is 1. The van der Waals surface area contributed by atoms with E-state index in [4.69, 9.17) is 16.3 Å². The van der Waals surface area contributed by atoms with Crippen molar-refractivity contribution >= 4 is 24.0 Å². The summed E-state index contributed by atoms with van der Waals surface area (Å²) in [6.45, 7) is 4.07. The number of halogens is 2. The van der Waals surface area contributed by atoms with Gasteiger partial charge in [0.2, 0.25) is 0 Å². The maximum absolute atomic E-state index is 5.95. The first-order valence-electron chi connectivity index (χ1n) is 5.81. The van der Waals surface area contributed by atoms with Gasteiger partial charge in [0.05, 0.1) is 7.11 Å². The normalized spacial score (nSPS) is 9.82.